The Hall–Kier alpha value is -1.04. The first-order chi connectivity index (χ1) is 15.7. The van der Waals surface area contributed by atoms with Crippen molar-refractivity contribution in [3.63, 3.8) is 0 Å². The van der Waals surface area contributed by atoms with Crippen molar-refractivity contribution in [1.82, 2.24) is 4.90 Å². The first-order valence-corrected chi connectivity index (χ1v) is 13.1. The zero-order valence-electron chi connectivity index (χ0n) is 20.5. The van der Waals surface area contributed by atoms with E-state index < -0.39 is 24.6 Å². The standard InChI is InChI=1S/C28H43F2NO2/c1-18(16-31-13-5-7-22(17-31)27(29)30)24-10-11-25-20(6-4-12-28(24,25)3)8-9-21-14-23(32)15-26(33)19(21)2/h8-9,18,22-27,32-33H,2,4-7,10-17H2,1,3H3/b20-8+,21-9-/t18?,22-,23+,24+,25-,26-,28+/m0/s1. The second-order valence-corrected chi connectivity index (χ2v) is 11.6. The van der Waals surface area contributed by atoms with Crippen LogP contribution >= 0.6 is 0 Å². The highest BCUT2D eigenvalue weighted by atomic mass is 19.3. The lowest BCUT2D eigenvalue weighted by atomic mass is 9.61. The van der Waals surface area contributed by atoms with E-state index >= 15 is 0 Å². The summed E-state index contributed by atoms with van der Waals surface area (Å²) in [5.74, 6) is 1.25. The largest absolute Gasteiger partial charge is 0.393 e. The molecule has 5 heteroatoms. The van der Waals surface area contributed by atoms with E-state index in [1.165, 1.54) is 31.3 Å². The predicted molar refractivity (Wildman–Crippen MR) is 129 cm³/mol. The van der Waals surface area contributed by atoms with Crippen LogP contribution in [0.1, 0.15) is 71.6 Å². The Kier molecular flexibility index (Phi) is 7.82. The van der Waals surface area contributed by atoms with Gasteiger partial charge in [-0.1, -0.05) is 38.2 Å². The molecule has 4 fully saturated rings. The van der Waals surface area contributed by atoms with Crippen molar-refractivity contribution in [2.75, 3.05) is 19.6 Å². The number of rotatable bonds is 5. The summed E-state index contributed by atoms with van der Waals surface area (Å²) in [7, 11) is 0. The number of likely N-dealkylation sites (tertiary alicyclic amines) is 1. The van der Waals surface area contributed by atoms with Gasteiger partial charge in [0.05, 0.1) is 12.2 Å². The lowest BCUT2D eigenvalue weighted by molar-refractivity contribution is 0.0132. The van der Waals surface area contributed by atoms with Gasteiger partial charge in [0.2, 0.25) is 6.43 Å². The number of nitrogens with zero attached hydrogens (tertiary/aromatic N) is 1. The van der Waals surface area contributed by atoms with E-state index in [4.69, 9.17) is 0 Å². The van der Waals surface area contributed by atoms with Crippen LogP contribution in [0.25, 0.3) is 0 Å². The molecular formula is C28H43F2NO2. The van der Waals surface area contributed by atoms with Crippen LogP contribution in [0, 0.1) is 29.1 Å². The van der Waals surface area contributed by atoms with Crippen molar-refractivity contribution in [3.8, 4) is 0 Å². The van der Waals surface area contributed by atoms with Crippen LogP contribution in [-0.2, 0) is 0 Å². The molecule has 0 radical (unpaired) electrons. The number of alkyl halides is 2. The first-order valence-electron chi connectivity index (χ1n) is 13.1. The van der Waals surface area contributed by atoms with E-state index in [1.807, 2.05) is 0 Å². The molecule has 1 saturated heterocycles. The van der Waals surface area contributed by atoms with Crippen molar-refractivity contribution in [2.24, 2.45) is 29.1 Å². The molecule has 7 atom stereocenters. The van der Waals surface area contributed by atoms with Gasteiger partial charge in [0.1, 0.15) is 0 Å². The summed E-state index contributed by atoms with van der Waals surface area (Å²) >= 11 is 0. The molecule has 0 bridgehead atoms. The molecule has 2 N–H and O–H groups in total. The minimum Gasteiger partial charge on any atom is -0.393 e. The van der Waals surface area contributed by atoms with Crippen LogP contribution in [0.2, 0.25) is 0 Å². The second-order valence-electron chi connectivity index (χ2n) is 11.6. The third-order valence-electron chi connectivity index (χ3n) is 9.43. The quantitative estimate of drug-likeness (QED) is 0.546. The van der Waals surface area contributed by atoms with Crippen molar-refractivity contribution in [3.05, 3.63) is 35.5 Å². The van der Waals surface area contributed by atoms with Crippen LogP contribution in [0.3, 0.4) is 0 Å². The Morgan fingerprint density at radius 1 is 1.18 bits per heavy atom. The number of aliphatic hydroxyl groups is 2. The van der Waals surface area contributed by atoms with Gasteiger partial charge in [0, 0.05) is 25.4 Å². The van der Waals surface area contributed by atoms with E-state index in [0.29, 0.717) is 43.6 Å². The normalized spacial score (nSPS) is 41.7. The van der Waals surface area contributed by atoms with Crippen LogP contribution in [-0.4, -0.2) is 53.4 Å². The smallest absolute Gasteiger partial charge is 0.242 e. The molecule has 1 heterocycles. The van der Waals surface area contributed by atoms with E-state index in [0.717, 1.165) is 37.1 Å². The number of hydrogen-bond acceptors (Lipinski definition) is 3. The monoisotopic (exact) mass is 463 g/mol. The minimum atomic E-state index is -2.20. The van der Waals surface area contributed by atoms with Gasteiger partial charge in [0.15, 0.2) is 0 Å². The summed E-state index contributed by atoms with van der Waals surface area (Å²) in [6, 6.07) is 0. The highest BCUT2D eigenvalue weighted by molar-refractivity contribution is 5.38. The van der Waals surface area contributed by atoms with Gasteiger partial charge in [-0.05, 0) is 92.2 Å². The van der Waals surface area contributed by atoms with E-state index in [-0.39, 0.29) is 5.41 Å². The topological polar surface area (TPSA) is 43.7 Å². The van der Waals surface area contributed by atoms with Gasteiger partial charge in [-0.3, -0.25) is 0 Å². The summed E-state index contributed by atoms with van der Waals surface area (Å²) < 4.78 is 26.5. The van der Waals surface area contributed by atoms with Gasteiger partial charge < -0.3 is 15.1 Å². The lowest BCUT2D eigenvalue weighted by Gasteiger charge is -2.45. The Labute approximate surface area is 198 Å². The maximum atomic E-state index is 13.3. The Morgan fingerprint density at radius 2 is 1.97 bits per heavy atom. The van der Waals surface area contributed by atoms with Crippen LogP contribution < -0.4 is 0 Å². The van der Waals surface area contributed by atoms with Gasteiger partial charge in [0.25, 0.3) is 0 Å². The van der Waals surface area contributed by atoms with Gasteiger partial charge in [-0.2, -0.15) is 0 Å². The summed E-state index contributed by atoms with van der Waals surface area (Å²) in [5, 5.41) is 20.2. The fourth-order valence-electron chi connectivity index (χ4n) is 7.68. The fourth-order valence-corrected chi connectivity index (χ4v) is 7.68. The molecule has 1 aliphatic heterocycles. The first kappa shape index (κ1) is 25.1. The molecule has 0 amide bonds. The predicted octanol–water partition coefficient (Wildman–Crippen LogP) is 5.74. The second kappa shape index (κ2) is 10.3. The average molecular weight is 464 g/mol. The molecule has 186 valence electrons. The maximum Gasteiger partial charge on any atom is 0.242 e. The Morgan fingerprint density at radius 3 is 2.73 bits per heavy atom. The van der Waals surface area contributed by atoms with Gasteiger partial charge in [-0.25, -0.2) is 8.78 Å². The summed E-state index contributed by atoms with van der Waals surface area (Å²) in [5.41, 5.74) is 3.49. The molecule has 33 heavy (non-hydrogen) atoms. The van der Waals surface area contributed by atoms with Crippen molar-refractivity contribution < 1.29 is 19.0 Å². The van der Waals surface area contributed by atoms with Crippen LogP contribution in [0.4, 0.5) is 8.78 Å². The average Bonchev–Trinajstić information content (AvgIpc) is 3.13. The van der Waals surface area contributed by atoms with E-state index in [9.17, 15) is 19.0 Å². The molecule has 1 unspecified atom stereocenters. The maximum absolute atomic E-state index is 13.3. The number of allylic oxidation sites excluding steroid dienone is 3. The summed E-state index contributed by atoms with van der Waals surface area (Å²) in [6.45, 7) is 11.3. The number of piperidine rings is 1. The molecule has 4 rings (SSSR count). The Balaban J connectivity index is 1.44. The van der Waals surface area contributed by atoms with Gasteiger partial charge >= 0.3 is 0 Å². The molecule has 0 aromatic carbocycles. The molecule has 3 nitrogen and oxygen atoms in total. The zero-order chi connectivity index (χ0) is 23.8. The molecule has 0 aromatic heterocycles. The van der Waals surface area contributed by atoms with E-state index in [1.54, 1.807) is 0 Å². The van der Waals surface area contributed by atoms with Crippen molar-refractivity contribution in [1.29, 1.82) is 0 Å². The number of halogens is 2. The minimum absolute atomic E-state index is 0.266. The van der Waals surface area contributed by atoms with Crippen LogP contribution in [0.15, 0.2) is 35.5 Å². The Bertz CT molecular complexity index is 778. The molecule has 0 aromatic rings. The van der Waals surface area contributed by atoms with Crippen LogP contribution in [0.5, 0.6) is 0 Å². The number of fused-ring (bicyclic) bond motifs is 1. The lowest BCUT2D eigenvalue weighted by Crippen LogP contribution is -2.44. The molecule has 0 spiro atoms. The summed E-state index contributed by atoms with van der Waals surface area (Å²) in [6.07, 6.45) is 9.48. The molecule has 3 saturated carbocycles. The molecule has 3 aliphatic carbocycles. The van der Waals surface area contributed by atoms with E-state index in [2.05, 4.69) is 37.5 Å². The zero-order valence-corrected chi connectivity index (χ0v) is 20.5. The number of aliphatic hydroxyl groups excluding tert-OH is 2. The van der Waals surface area contributed by atoms with Crippen molar-refractivity contribution in [2.45, 2.75) is 90.3 Å². The van der Waals surface area contributed by atoms with Crippen molar-refractivity contribution >= 4 is 0 Å². The molecule has 4 aliphatic rings. The third kappa shape index (κ3) is 5.31. The van der Waals surface area contributed by atoms with Gasteiger partial charge in [-0.15, -0.1) is 0 Å². The highest BCUT2D eigenvalue weighted by Gasteiger charge is 2.50. The summed E-state index contributed by atoms with van der Waals surface area (Å²) in [4.78, 5) is 2.30. The third-order valence-corrected chi connectivity index (χ3v) is 9.43. The SMILES string of the molecule is C=C1/C(=C\C=C2/CCC[C@]3(C)[C@@H](C(C)CN4CCC[C@H](C(F)F)C4)CC[C@@H]23)C[C@@H](O)C[C@@H]1O. The highest BCUT2D eigenvalue weighted by Crippen LogP contribution is 2.59. The fraction of sp³-hybridized carbons (Fsp3) is 0.786. The molecular weight excluding hydrogens is 420 g/mol. The number of hydrogen-bond donors (Lipinski definition) is 2.